The van der Waals surface area contributed by atoms with E-state index in [1.807, 2.05) is 13.2 Å². The minimum Gasteiger partial charge on any atom is -0.490 e. The Morgan fingerprint density at radius 2 is 1.89 bits per heavy atom. The number of piperidine rings is 1. The van der Waals surface area contributed by atoms with Crippen LogP contribution < -0.4 is 15.2 Å². The van der Waals surface area contributed by atoms with Gasteiger partial charge in [-0.3, -0.25) is 9.48 Å². The number of aromatic nitrogens is 6. The summed E-state index contributed by atoms with van der Waals surface area (Å²) in [5.74, 6) is 1.91. The number of anilines is 1. The van der Waals surface area contributed by atoms with Gasteiger partial charge in [0.05, 0.1) is 50.1 Å². The van der Waals surface area contributed by atoms with E-state index < -0.39 is 0 Å². The first kappa shape index (κ1) is 23.4. The van der Waals surface area contributed by atoms with Crippen molar-refractivity contribution in [3.05, 3.63) is 47.3 Å². The highest BCUT2D eigenvalue weighted by Crippen LogP contribution is 2.20. The number of aryl methyl sites for hydroxylation is 1. The van der Waals surface area contributed by atoms with Gasteiger partial charge in [-0.1, -0.05) is 0 Å². The quantitative estimate of drug-likeness (QED) is 0.491. The van der Waals surface area contributed by atoms with Gasteiger partial charge in [0.2, 0.25) is 5.95 Å². The lowest BCUT2D eigenvalue weighted by Gasteiger charge is -2.33. The summed E-state index contributed by atoms with van der Waals surface area (Å²) < 4.78 is 15.0. The third-order valence-corrected chi connectivity index (χ3v) is 6.60. The number of rotatable bonds is 7. The van der Waals surface area contributed by atoms with Crippen molar-refractivity contribution in [2.24, 2.45) is 13.0 Å². The number of ether oxygens (including phenoxy) is 2. The van der Waals surface area contributed by atoms with Gasteiger partial charge in [-0.15, -0.1) is 0 Å². The normalized spacial score (nSPS) is 19.7. The van der Waals surface area contributed by atoms with Crippen molar-refractivity contribution in [1.29, 1.82) is 0 Å². The maximum absolute atomic E-state index is 12.4. The number of hydrogen-bond donors (Lipinski definition) is 0. The van der Waals surface area contributed by atoms with Crippen LogP contribution in [0.25, 0.3) is 11.3 Å². The number of morpholine rings is 1. The van der Waals surface area contributed by atoms with E-state index in [4.69, 9.17) is 9.47 Å². The fourth-order valence-electron chi connectivity index (χ4n) is 4.48. The van der Waals surface area contributed by atoms with Crippen LogP contribution in [0.3, 0.4) is 0 Å². The second kappa shape index (κ2) is 10.5. The smallest absolute Gasteiger partial charge is 0.266 e. The first-order valence-corrected chi connectivity index (χ1v) is 12.1. The first-order valence-electron chi connectivity index (χ1n) is 12.1. The SMILES string of the molecule is CN1CCC(COc2cnc(N3CCO[C@H](Cn4nc(-c5cnn(C)c5)ccc4=O)C3)nc2)CC1. The van der Waals surface area contributed by atoms with Gasteiger partial charge in [0.25, 0.3) is 5.56 Å². The molecule has 2 saturated heterocycles. The molecule has 0 radical (unpaired) electrons. The summed E-state index contributed by atoms with van der Waals surface area (Å²) >= 11 is 0. The van der Waals surface area contributed by atoms with Crippen molar-refractivity contribution < 1.29 is 9.47 Å². The molecule has 0 aromatic carbocycles. The van der Waals surface area contributed by atoms with E-state index in [1.54, 1.807) is 29.3 Å². The highest BCUT2D eigenvalue weighted by molar-refractivity contribution is 5.55. The molecule has 35 heavy (non-hydrogen) atoms. The predicted molar refractivity (Wildman–Crippen MR) is 130 cm³/mol. The molecule has 11 nitrogen and oxygen atoms in total. The molecule has 0 aliphatic carbocycles. The van der Waals surface area contributed by atoms with Gasteiger partial charge in [-0.05, 0) is 45.0 Å². The summed E-state index contributed by atoms with van der Waals surface area (Å²) in [5, 5.41) is 8.71. The van der Waals surface area contributed by atoms with Crippen molar-refractivity contribution in [3.63, 3.8) is 0 Å². The molecular weight excluding hydrogens is 448 g/mol. The van der Waals surface area contributed by atoms with Gasteiger partial charge in [0.1, 0.15) is 0 Å². The average Bonchev–Trinajstić information content (AvgIpc) is 3.32. The van der Waals surface area contributed by atoms with Crippen LogP contribution in [0.15, 0.2) is 41.7 Å². The van der Waals surface area contributed by atoms with E-state index in [0.717, 1.165) is 31.5 Å². The summed E-state index contributed by atoms with van der Waals surface area (Å²) in [4.78, 5) is 25.9. The molecule has 2 aliphatic rings. The van der Waals surface area contributed by atoms with Crippen LogP contribution in [-0.2, 0) is 18.3 Å². The molecule has 5 rings (SSSR count). The van der Waals surface area contributed by atoms with Crippen molar-refractivity contribution in [1.82, 2.24) is 34.4 Å². The van der Waals surface area contributed by atoms with E-state index in [-0.39, 0.29) is 11.7 Å². The zero-order valence-electron chi connectivity index (χ0n) is 20.3. The van der Waals surface area contributed by atoms with Gasteiger partial charge in [0.15, 0.2) is 5.75 Å². The van der Waals surface area contributed by atoms with Crippen molar-refractivity contribution in [2.75, 3.05) is 51.3 Å². The summed E-state index contributed by atoms with van der Waals surface area (Å²) in [5.41, 5.74) is 1.39. The predicted octanol–water partition coefficient (Wildman–Crippen LogP) is 1.06. The van der Waals surface area contributed by atoms with Crippen LogP contribution in [0, 0.1) is 5.92 Å². The summed E-state index contributed by atoms with van der Waals surface area (Å²) in [6.45, 7) is 5.08. The van der Waals surface area contributed by atoms with Crippen molar-refractivity contribution in [2.45, 2.75) is 25.5 Å². The maximum Gasteiger partial charge on any atom is 0.266 e. The fraction of sp³-hybridized carbons (Fsp3) is 0.542. The largest absolute Gasteiger partial charge is 0.490 e. The van der Waals surface area contributed by atoms with Crippen molar-refractivity contribution >= 4 is 5.95 Å². The highest BCUT2D eigenvalue weighted by atomic mass is 16.5. The van der Waals surface area contributed by atoms with E-state index in [9.17, 15) is 4.79 Å². The molecule has 0 bridgehead atoms. The molecule has 3 aromatic rings. The molecule has 0 saturated carbocycles. The number of likely N-dealkylation sites (tertiary alicyclic amines) is 1. The molecule has 0 unspecified atom stereocenters. The Bertz CT molecular complexity index is 1170. The van der Waals surface area contributed by atoms with E-state index in [0.29, 0.717) is 56.2 Å². The maximum atomic E-state index is 12.4. The Morgan fingerprint density at radius 3 is 2.63 bits per heavy atom. The molecule has 2 aliphatic heterocycles. The molecule has 186 valence electrons. The molecule has 5 heterocycles. The first-order chi connectivity index (χ1) is 17.0. The summed E-state index contributed by atoms with van der Waals surface area (Å²) in [6, 6.07) is 3.25. The number of hydrogen-bond acceptors (Lipinski definition) is 9. The molecule has 0 spiro atoms. The molecule has 2 fully saturated rings. The van der Waals surface area contributed by atoms with Gasteiger partial charge in [0, 0.05) is 38.0 Å². The molecule has 11 heteroatoms. The van der Waals surface area contributed by atoms with Crippen LogP contribution >= 0.6 is 0 Å². The topological polar surface area (TPSA) is 103 Å². The third-order valence-electron chi connectivity index (χ3n) is 6.60. The Hall–Kier alpha value is -3.31. The molecule has 1 atom stereocenters. The molecule has 0 N–H and O–H groups in total. The van der Waals surface area contributed by atoms with Crippen LogP contribution in [0.2, 0.25) is 0 Å². The minimum atomic E-state index is -0.206. The lowest BCUT2D eigenvalue weighted by Crippen LogP contribution is -2.46. The zero-order valence-corrected chi connectivity index (χ0v) is 20.3. The van der Waals surface area contributed by atoms with Crippen LogP contribution in [0.5, 0.6) is 5.75 Å². The summed E-state index contributed by atoms with van der Waals surface area (Å²) in [7, 11) is 4.01. The summed E-state index contributed by atoms with van der Waals surface area (Å²) in [6.07, 6.45) is 9.20. The second-order valence-electron chi connectivity index (χ2n) is 9.36. The zero-order chi connectivity index (χ0) is 24.2. The molecule has 0 amide bonds. The lowest BCUT2D eigenvalue weighted by atomic mass is 9.98. The van der Waals surface area contributed by atoms with E-state index in [2.05, 4.69) is 37.0 Å². The van der Waals surface area contributed by atoms with Gasteiger partial charge in [-0.25, -0.2) is 14.6 Å². The Kier molecular flexibility index (Phi) is 7.05. The van der Waals surface area contributed by atoms with E-state index >= 15 is 0 Å². The number of nitrogens with zero attached hydrogens (tertiary/aromatic N) is 8. The third kappa shape index (κ3) is 5.85. The standard InChI is InChI=1S/C24H32N8O3/c1-29-7-5-18(6-8-29)17-35-20-12-25-24(26-13-20)31-9-10-34-21(15-31)16-32-23(33)4-3-22(28-32)19-11-27-30(2)14-19/h3-4,11-14,18,21H,5-10,15-17H2,1-2H3/t21-/m0/s1. The minimum absolute atomic E-state index is 0.166. The highest BCUT2D eigenvalue weighted by Gasteiger charge is 2.24. The van der Waals surface area contributed by atoms with Gasteiger partial charge in [-0.2, -0.15) is 10.2 Å². The van der Waals surface area contributed by atoms with Gasteiger partial charge >= 0.3 is 0 Å². The van der Waals surface area contributed by atoms with Crippen molar-refractivity contribution in [3.8, 4) is 17.0 Å². The van der Waals surface area contributed by atoms with Crippen LogP contribution in [-0.4, -0.2) is 87.0 Å². The fourth-order valence-corrected chi connectivity index (χ4v) is 4.48. The lowest BCUT2D eigenvalue weighted by molar-refractivity contribution is 0.0260. The Morgan fingerprint density at radius 1 is 1.09 bits per heavy atom. The molecule has 3 aromatic heterocycles. The van der Waals surface area contributed by atoms with Gasteiger partial charge < -0.3 is 19.3 Å². The molecular formula is C24H32N8O3. The Labute approximate surface area is 204 Å². The van der Waals surface area contributed by atoms with E-state index in [1.165, 1.54) is 10.7 Å². The monoisotopic (exact) mass is 480 g/mol. The van der Waals surface area contributed by atoms with Crippen LogP contribution in [0.1, 0.15) is 12.8 Å². The second-order valence-corrected chi connectivity index (χ2v) is 9.36. The van der Waals surface area contributed by atoms with Crippen LogP contribution in [0.4, 0.5) is 5.95 Å². The average molecular weight is 481 g/mol. The Balaban J connectivity index is 1.18.